The molecule has 0 N–H and O–H groups in total. The first-order valence-corrected chi connectivity index (χ1v) is 4.94. The Hall–Kier alpha value is -0.890. The molecule has 0 unspecified atom stereocenters. The lowest BCUT2D eigenvalue weighted by Gasteiger charge is -2.08. The molecule has 0 heterocycles. The molecule has 14 heavy (non-hydrogen) atoms. The van der Waals surface area contributed by atoms with Gasteiger partial charge in [-0.05, 0) is 30.9 Å². The van der Waals surface area contributed by atoms with Crippen LogP contribution in [-0.4, -0.2) is 6.29 Å². The molecule has 1 aliphatic carbocycles. The summed E-state index contributed by atoms with van der Waals surface area (Å²) in [4.78, 5) is 10.7. The lowest BCUT2D eigenvalue weighted by molar-refractivity contribution is -0.112. The number of carbonyl (C=O) groups excluding carboxylic acids is 1. The van der Waals surface area contributed by atoms with Gasteiger partial charge in [0.1, 0.15) is 12.1 Å². The summed E-state index contributed by atoms with van der Waals surface area (Å²) in [6, 6.07) is 4.91. The fraction of sp³-hybridized carbons (Fsp3) is 0.364. The van der Waals surface area contributed by atoms with Crippen LogP contribution in [0, 0.1) is 11.2 Å². The number of hydrogen-bond acceptors (Lipinski definition) is 1. The number of benzene rings is 1. The first-order chi connectivity index (χ1) is 6.67. The second-order valence-electron chi connectivity index (χ2n) is 3.87. The molecular formula is C11H10ClFO. The molecule has 3 heteroatoms. The molecular weight excluding hydrogens is 203 g/mol. The van der Waals surface area contributed by atoms with Gasteiger partial charge in [-0.2, -0.15) is 0 Å². The van der Waals surface area contributed by atoms with Gasteiger partial charge in [-0.1, -0.05) is 23.7 Å². The fourth-order valence-electron chi connectivity index (χ4n) is 1.56. The summed E-state index contributed by atoms with van der Waals surface area (Å²) in [5.74, 6) is -0.387. The van der Waals surface area contributed by atoms with Gasteiger partial charge in [-0.3, -0.25) is 0 Å². The van der Waals surface area contributed by atoms with Gasteiger partial charge >= 0.3 is 0 Å². The van der Waals surface area contributed by atoms with Crippen LogP contribution in [0.1, 0.15) is 18.4 Å². The van der Waals surface area contributed by atoms with Gasteiger partial charge < -0.3 is 4.79 Å². The normalized spacial score (nSPS) is 17.9. The number of carbonyl (C=O) groups is 1. The van der Waals surface area contributed by atoms with Crippen molar-refractivity contribution in [2.75, 3.05) is 0 Å². The summed E-state index contributed by atoms with van der Waals surface area (Å²) >= 11 is 5.64. The highest BCUT2D eigenvalue weighted by Gasteiger charge is 2.42. The van der Waals surface area contributed by atoms with Crippen molar-refractivity contribution in [3.05, 3.63) is 34.6 Å². The molecule has 1 nitrogen and oxygen atoms in total. The van der Waals surface area contributed by atoms with Gasteiger partial charge in [0, 0.05) is 5.41 Å². The zero-order valence-corrected chi connectivity index (χ0v) is 8.35. The largest absolute Gasteiger partial charge is 0.303 e. The zero-order valence-electron chi connectivity index (χ0n) is 7.59. The van der Waals surface area contributed by atoms with E-state index in [-0.39, 0.29) is 16.3 Å². The quantitative estimate of drug-likeness (QED) is 0.704. The average Bonchev–Trinajstić information content (AvgIpc) is 2.94. The van der Waals surface area contributed by atoms with Crippen LogP contribution in [0.5, 0.6) is 0 Å². The summed E-state index contributed by atoms with van der Waals surface area (Å²) in [5, 5.41) is 0.129. The van der Waals surface area contributed by atoms with Gasteiger partial charge in [0.2, 0.25) is 0 Å². The fourth-order valence-corrected chi connectivity index (χ4v) is 1.76. The minimum absolute atomic E-state index is 0.129. The van der Waals surface area contributed by atoms with E-state index in [4.69, 9.17) is 11.6 Å². The van der Waals surface area contributed by atoms with Crippen LogP contribution in [0.15, 0.2) is 18.2 Å². The third-order valence-electron chi connectivity index (χ3n) is 2.72. The van der Waals surface area contributed by atoms with Crippen molar-refractivity contribution < 1.29 is 9.18 Å². The van der Waals surface area contributed by atoms with Gasteiger partial charge in [0.05, 0.1) is 5.02 Å². The second-order valence-corrected chi connectivity index (χ2v) is 4.28. The molecule has 0 aliphatic heterocycles. The molecule has 0 atom stereocenters. The SMILES string of the molecule is O=CC1(Cc2cccc(Cl)c2F)CC1. The zero-order chi connectivity index (χ0) is 10.2. The van der Waals surface area contributed by atoms with Crippen LogP contribution in [0.4, 0.5) is 4.39 Å². The molecule has 1 aromatic carbocycles. The summed E-state index contributed by atoms with van der Waals surface area (Å²) in [6.45, 7) is 0. The Morgan fingerprint density at radius 3 is 2.79 bits per heavy atom. The van der Waals surface area contributed by atoms with E-state index < -0.39 is 0 Å². The van der Waals surface area contributed by atoms with E-state index in [2.05, 4.69) is 0 Å². The summed E-state index contributed by atoms with van der Waals surface area (Å²) < 4.78 is 13.4. The predicted molar refractivity (Wildman–Crippen MR) is 52.8 cm³/mol. The number of halogens is 2. The maximum absolute atomic E-state index is 13.4. The molecule has 1 saturated carbocycles. The molecule has 1 aromatic rings. The minimum Gasteiger partial charge on any atom is -0.303 e. The lowest BCUT2D eigenvalue weighted by Crippen LogP contribution is -2.07. The molecule has 0 amide bonds. The molecule has 74 valence electrons. The Labute approximate surface area is 86.9 Å². The van der Waals surface area contributed by atoms with Crippen molar-refractivity contribution in [2.24, 2.45) is 5.41 Å². The smallest absolute Gasteiger partial charge is 0.145 e. The van der Waals surface area contributed by atoms with Gasteiger partial charge in [-0.15, -0.1) is 0 Å². The van der Waals surface area contributed by atoms with E-state index in [1.165, 1.54) is 6.07 Å². The van der Waals surface area contributed by atoms with E-state index in [1.807, 2.05) is 0 Å². The van der Waals surface area contributed by atoms with Crippen LogP contribution in [0.25, 0.3) is 0 Å². The van der Waals surface area contributed by atoms with Gasteiger partial charge in [-0.25, -0.2) is 4.39 Å². The Morgan fingerprint density at radius 1 is 1.50 bits per heavy atom. The third-order valence-corrected chi connectivity index (χ3v) is 3.01. The Morgan fingerprint density at radius 2 is 2.21 bits per heavy atom. The van der Waals surface area contributed by atoms with Crippen molar-refractivity contribution in [1.82, 2.24) is 0 Å². The van der Waals surface area contributed by atoms with Gasteiger partial charge in [0.25, 0.3) is 0 Å². The summed E-state index contributed by atoms with van der Waals surface area (Å²) in [7, 11) is 0. The Bertz CT molecular complexity index is 372. The van der Waals surface area contributed by atoms with E-state index >= 15 is 0 Å². The van der Waals surface area contributed by atoms with E-state index in [1.54, 1.807) is 12.1 Å². The molecule has 0 radical (unpaired) electrons. The van der Waals surface area contributed by atoms with Crippen molar-refractivity contribution >= 4 is 17.9 Å². The number of hydrogen-bond donors (Lipinski definition) is 0. The summed E-state index contributed by atoms with van der Waals surface area (Å²) in [6.07, 6.45) is 3.14. The van der Waals surface area contributed by atoms with Crippen molar-refractivity contribution in [2.45, 2.75) is 19.3 Å². The third kappa shape index (κ3) is 1.67. The topological polar surface area (TPSA) is 17.1 Å². The highest BCUT2D eigenvalue weighted by atomic mass is 35.5. The second kappa shape index (κ2) is 3.35. The monoisotopic (exact) mass is 212 g/mol. The van der Waals surface area contributed by atoms with Crippen molar-refractivity contribution in [1.29, 1.82) is 0 Å². The Kier molecular flexibility index (Phi) is 2.31. The minimum atomic E-state index is -0.387. The predicted octanol–water partition coefficient (Wildman–Crippen LogP) is 3.00. The van der Waals surface area contributed by atoms with Gasteiger partial charge in [0.15, 0.2) is 0 Å². The van der Waals surface area contributed by atoms with Crippen LogP contribution in [-0.2, 0) is 11.2 Å². The van der Waals surface area contributed by atoms with E-state index in [0.29, 0.717) is 12.0 Å². The van der Waals surface area contributed by atoms with Crippen LogP contribution in [0.3, 0.4) is 0 Å². The van der Waals surface area contributed by atoms with Crippen molar-refractivity contribution in [3.63, 3.8) is 0 Å². The maximum atomic E-state index is 13.4. The molecule has 0 saturated heterocycles. The maximum Gasteiger partial charge on any atom is 0.145 e. The first kappa shape index (κ1) is 9.66. The lowest BCUT2D eigenvalue weighted by atomic mass is 9.98. The molecule has 1 aliphatic rings. The molecule has 2 rings (SSSR count). The average molecular weight is 213 g/mol. The van der Waals surface area contributed by atoms with Crippen LogP contribution >= 0.6 is 11.6 Å². The first-order valence-electron chi connectivity index (χ1n) is 4.56. The highest BCUT2D eigenvalue weighted by Crippen LogP contribution is 2.46. The molecule has 1 fully saturated rings. The van der Waals surface area contributed by atoms with Crippen LogP contribution < -0.4 is 0 Å². The molecule has 0 spiro atoms. The molecule has 0 bridgehead atoms. The summed E-state index contributed by atoms with van der Waals surface area (Å²) in [5.41, 5.74) is 0.244. The van der Waals surface area contributed by atoms with E-state index in [0.717, 1.165) is 19.1 Å². The number of aldehydes is 1. The molecule has 0 aromatic heterocycles. The Balaban J connectivity index is 2.25. The number of rotatable bonds is 3. The highest BCUT2D eigenvalue weighted by molar-refractivity contribution is 6.30. The van der Waals surface area contributed by atoms with E-state index in [9.17, 15) is 9.18 Å². The van der Waals surface area contributed by atoms with Crippen LogP contribution in [0.2, 0.25) is 5.02 Å². The standard InChI is InChI=1S/C11H10ClFO/c12-9-3-1-2-8(10(9)13)6-11(7-14)4-5-11/h1-3,7H,4-6H2. The van der Waals surface area contributed by atoms with Crippen molar-refractivity contribution in [3.8, 4) is 0 Å².